The van der Waals surface area contributed by atoms with Gasteiger partial charge in [0, 0.05) is 11.3 Å². The van der Waals surface area contributed by atoms with E-state index < -0.39 is 24.5 Å². The van der Waals surface area contributed by atoms with Crippen molar-refractivity contribution in [2.75, 3.05) is 11.9 Å². The fourth-order valence-corrected chi connectivity index (χ4v) is 4.48. The van der Waals surface area contributed by atoms with Crippen LogP contribution in [0.4, 0.5) is 5.69 Å². The van der Waals surface area contributed by atoms with E-state index >= 15 is 0 Å². The third-order valence-electron chi connectivity index (χ3n) is 6.50. The standard InChI is InChI=1S/C28H33NO6/c1-17(2)22-14-9-18(3)15-25(22)35-28(33)24-8-6-5-7-23(24)27(32)34-16-26(31)29-21-12-10-20(11-13-21)19(4)30/h5-8,10-13,17-18,22,25H,9,14-16H2,1-4H3,(H,29,31)/t18-,22+,25-/m1/s1. The number of hydrogen-bond acceptors (Lipinski definition) is 6. The van der Waals surface area contributed by atoms with Crippen LogP contribution < -0.4 is 5.32 Å². The number of carbonyl (C=O) groups excluding carboxylic acids is 4. The molecule has 0 aromatic heterocycles. The number of carbonyl (C=O) groups is 4. The van der Waals surface area contributed by atoms with Gasteiger partial charge in [0.05, 0.1) is 11.1 Å². The molecular formula is C28H33NO6. The van der Waals surface area contributed by atoms with Gasteiger partial charge in [0.1, 0.15) is 6.10 Å². The van der Waals surface area contributed by atoms with E-state index in [4.69, 9.17) is 9.47 Å². The molecule has 0 heterocycles. The van der Waals surface area contributed by atoms with Crippen LogP contribution in [0.3, 0.4) is 0 Å². The Bertz CT molecular complexity index is 1080. The van der Waals surface area contributed by atoms with E-state index in [1.54, 1.807) is 36.4 Å². The second kappa shape index (κ2) is 11.8. The molecule has 1 saturated carbocycles. The Balaban J connectivity index is 1.62. The average Bonchev–Trinajstić information content (AvgIpc) is 2.82. The average molecular weight is 480 g/mol. The topological polar surface area (TPSA) is 98.8 Å². The molecule has 35 heavy (non-hydrogen) atoms. The van der Waals surface area contributed by atoms with Crippen molar-refractivity contribution >= 4 is 29.3 Å². The molecule has 1 N–H and O–H groups in total. The molecule has 3 atom stereocenters. The summed E-state index contributed by atoms with van der Waals surface area (Å²) < 4.78 is 11.1. The molecule has 2 aromatic carbocycles. The van der Waals surface area contributed by atoms with Gasteiger partial charge in [-0.1, -0.05) is 39.3 Å². The van der Waals surface area contributed by atoms with Crippen molar-refractivity contribution in [2.24, 2.45) is 17.8 Å². The quantitative estimate of drug-likeness (QED) is 0.407. The maximum atomic E-state index is 13.0. The van der Waals surface area contributed by atoms with E-state index in [0.29, 0.717) is 23.1 Å². The molecule has 1 aliphatic rings. The van der Waals surface area contributed by atoms with Crippen LogP contribution in [-0.4, -0.2) is 36.3 Å². The van der Waals surface area contributed by atoms with Crippen LogP contribution >= 0.6 is 0 Å². The van der Waals surface area contributed by atoms with Gasteiger partial charge in [-0.15, -0.1) is 0 Å². The Morgan fingerprint density at radius 1 is 0.943 bits per heavy atom. The molecule has 1 aliphatic carbocycles. The summed E-state index contributed by atoms with van der Waals surface area (Å²) in [5, 5.41) is 2.61. The first-order valence-electron chi connectivity index (χ1n) is 12.0. The lowest BCUT2D eigenvalue weighted by Gasteiger charge is -2.36. The van der Waals surface area contributed by atoms with Crippen LogP contribution in [0.25, 0.3) is 0 Å². The normalized spacial score (nSPS) is 19.6. The predicted molar refractivity (Wildman–Crippen MR) is 132 cm³/mol. The van der Waals surface area contributed by atoms with Gasteiger partial charge in [-0.2, -0.15) is 0 Å². The molecular weight excluding hydrogens is 446 g/mol. The number of nitrogens with one attached hydrogen (secondary N) is 1. The molecule has 1 fully saturated rings. The number of benzene rings is 2. The van der Waals surface area contributed by atoms with Gasteiger partial charge in [0.25, 0.3) is 5.91 Å². The van der Waals surface area contributed by atoms with Gasteiger partial charge < -0.3 is 14.8 Å². The first-order valence-corrected chi connectivity index (χ1v) is 12.0. The summed E-state index contributed by atoms with van der Waals surface area (Å²) in [6, 6.07) is 12.7. The lowest BCUT2D eigenvalue weighted by atomic mass is 9.75. The van der Waals surface area contributed by atoms with Crippen LogP contribution in [0.2, 0.25) is 0 Å². The molecule has 186 valence electrons. The summed E-state index contributed by atoms with van der Waals surface area (Å²) in [4.78, 5) is 49.3. The molecule has 0 unspecified atom stereocenters. The van der Waals surface area contributed by atoms with E-state index in [0.717, 1.165) is 19.3 Å². The Morgan fingerprint density at radius 2 is 1.57 bits per heavy atom. The van der Waals surface area contributed by atoms with E-state index in [-0.39, 0.29) is 28.9 Å². The Kier molecular flexibility index (Phi) is 8.79. The molecule has 0 bridgehead atoms. The number of ketones is 1. The highest BCUT2D eigenvalue weighted by Crippen LogP contribution is 2.35. The second-order valence-corrected chi connectivity index (χ2v) is 9.57. The zero-order chi connectivity index (χ0) is 25.5. The number of hydrogen-bond donors (Lipinski definition) is 1. The summed E-state index contributed by atoms with van der Waals surface area (Å²) in [6.07, 6.45) is 2.72. The minimum absolute atomic E-state index is 0.0565. The number of Topliss-reactive ketones (excluding diaryl/α,β-unsaturated/α-hetero) is 1. The van der Waals surface area contributed by atoms with Crippen LogP contribution in [0.5, 0.6) is 0 Å². The second-order valence-electron chi connectivity index (χ2n) is 9.57. The van der Waals surface area contributed by atoms with Gasteiger partial charge >= 0.3 is 11.9 Å². The largest absolute Gasteiger partial charge is 0.458 e. The molecule has 1 amide bonds. The molecule has 0 aliphatic heterocycles. The molecule has 7 heteroatoms. The Labute approximate surface area is 206 Å². The van der Waals surface area contributed by atoms with Gasteiger partial charge in [0.15, 0.2) is 12.4 Å². The van der Waals surface area contributed by atoms with Gasteiger partial charge in [0.2, 0.25) is 0 Å². The van der Waals surface area contributed by atoms with Crippen LogP contribution in [0.15, 0.2) is 48.5 Å². The van der Waals surface area contributed by atoms with Gasteiger partial charge in [-0.3, -0.25) is 9.59 Å². The highest BCUT2D eigenvalue weighted by molar-refractivity contribution is 6.04. The number of anilines is 1. The van der Waals surface area contributed by atoms with Crippen molar-refractivity contribution in [3.63, 3.8) is 0 Å². The molecule has 0 spiro atoms. The fourth-order valence-electron chi connectivity index (χ4n) is 4.48. The lowest BCUT2D eigenvalue weighted by Crippen LogP contribution is -2.36. The van der Waals surface area contributed by atoms with Crippen molar-refractivity contribution < 1.29 is 28.7 Å². The van der Waals surface area contributed by atoms with Gasteiger partial charge in [-0.25, -0.2) is 9.59 Å². The van der Waals surface area contributed by atoms with Crippen LogP contribution in [0, 0.1) is 17.8 Å². The zero-order valence-electron chi connectivity index (χ0n) is 20.7. The molecule has 3 rings (SSSR count). The maximum absolute atomic E-state index is 13.0. The van der Waals surface area contributed by atoms with Crippen molar-refractivity contribution in [3.05, 3.63) is 65.2 Å². The van der Waals surface area contributed by atoms with E-state index in [1.807, 2.05) is 0 Å². The Hall–Kier alpha value is -3.48. The maximum Gasteiger partial charge on any atom is 0.339 e. The molecule has 2 aromatic rings. The first-order chi connectivity index (χ1) is 16.7. The van der Waals surface area contributed by atoms with Crippen molar-refractivity contribution in [1.82, 2.24) is 0 Å². The zero-order valence-corrected chi connectivity index (χ0v) is 20.7. The predicted octanol–water partition coefficient (Wildman–Crippen LogP) is 5.30. The summed E-state index contributed by atoms with van der Waals surface area (Å²) in [7, 11) is 0. The highest BCUT2D eigenvalue weighted by Gasteiger charge is 2.34. The molecule has 0 saturated heterocycles. The SMILES string of the molecule is CC(=O)c1ccc(NC(=O)COC(=O)c2ccccc2C(=O)O[C@@H]2C[C@H](C)CC[C@H]2C(C)C)cc1. The van der Waals surface area contributed by atoms with Gasteiger partial charge in [-0.05, 0) is 73.9 Å². The van der Waals surface area contributed by atoms with Crippen LogP contribution in [-0.2, 0) is 14.3 Å². The minimum atomic E-state index is -0.781. The highest BCUT2D eigenvalue weighted by atomic mass is 16.5. The van der Waals surface area contributed by atoms with E-state index in [9.17, 15) is 19.2 Å². The van der Waals surface area contributed by atoms with Crippen molar-refractivity contribution in [2.45, 2.75) is 53.1 Å². The minimum Gasteiger partial charge on any atom is -0.458 e. The summed E-state index contributed by atoms with van der Waals surface area (Å²) in [5.74, 6) is -0.814. The van der Waals surface area contributed by atoms with E-state index in [2.05, 4.69) is 26.1 Å². The number of esters is 2. The summed E-state index contributed by atoms with van der Waals surface area (Å²) in [6.45, 7) is 7.36. The van der Waals surface area contributed by atoms with Crippen molar-refractivity contribution in [3.8, 4) is 0 Å². The third kappa shape index (κ3) is 7.01. The lowest BCUT2D eigenvalue weighted by molar-refractivity contribution is -0.119. The molecule has 7 nitrogen and oxygen atoms in total. The molecule has 0 radical (unpaired) electrons. The van der Waals surface area contributed by atoms with E-state index in [1.165, 1.54) is 19.1 Å². The number of amides is 1. The summed E-state index contributed by atoms with van der Waals surface area (Å²) >= 11 is 0. The van der Waals surface area contributed by atoms with Crippen LogP contribution in [0.1, 0.15) is 78.0 Å². The van der Waals surface area contributed by atoms with Crippen molar-refractivity contribution in [1.29, 1.82) is 0 Å². The smallest absolute Gasteiger partial charge is 0.339 e. The Morgan fingerprint density at radius 3 is 2.17 bits per heavy atom. The third-order valence-corrected chi connectivity index (χ3v) is 6.50. The summed E-state index contributed by atoms with van der Waals surface area (Å²) in [5.41, 5.74) is 1.18. The number of rotatable bonds is 8. The monoisotopic (exact) mass is 479 g/mol. The number of ether oxygens (including phenoxy) is 2. The first kappa shape index (κ1) is 26.1. The fraction of sp³-hybridized carbons (Fsp3) is 0.429.